The number of carboxylic acid groups (broad SMARTS) is 1. The van der Waals surface area contributed by atoms with E-state index in [4.69, 9.17) is 11.6 Å². The maximum atomic E-state index is 11.3. The van der Waals surface area contributed by atoms with Crippen molar-refractivity contribution < 1.29 is 9.90 Å². The third-order valence-corrected chi connectivity index (χ3v) is 4.08. The van der Waals surface area contributed by atoms with E-state index >= 15 is 0 Å². The summed E-state index contributed by atoms with van der Waals surface area (Å²) in [7, 11) is 0. The number of rotatable bonds is 5. The summed E-state index contributed by atoms with van der Waals surface area (Å²) in [5.41, 5.74) is 1.02. The fourth-order valence-corrected chi connectivity index (χ4v) is 2.81. The van der Waals surface area contributed by atoms with Gasteiger partial charge in [0.25, 0.3) is 0 Å². The predicted octanol–water partition coefficient (Wildman–Crippen LogP) is 4.13. The van der Waals surface area contributed by atoms with Crippen molar-refractivity contribution in [1.82, 2.24) is 0 Å². The minimum absolute atomic E-state index is 0.497. The lowest BCUT2D eigenvalue weighted by molar-refractivity contribution is -0.136. The Morgan fingerprint density at radius 2 is 1.74 bits per heavy atom. The molecule has 0 aliphatic carbocycles. The van der Waals surface area contributed by atoms with Gasteiger partial charge in [-0.2, -0.15) is 0 Å². The summed E-state index contributed by atoms with van der Waals surface area (Å²) in [6.07, 6.45) is 0.503. The second-order valence-electron chi connectivity index (χ2n) is 4.09. The average Bonchev–Trinajstić information content (AvgIpc) is 2.41. The molecule has 98 valence electrons. The zero-order chi connectivity index (χ0) is 13.7. The maximum absolute atomic E-state index is 11.3. The molecule has 1 unspecified atom stereocenters. The minimum Gasteiger partial charge on any atom is -0.480 e. The first-order valence-corrected chi connectivity index (χ1v) is 7.10. The topological polar surface area (TPSA) is 37.3 Å². The van der Waals surface area contributed by atoms with Crippen LogP contribution in [0.4, 0.5) is 0 Å². The number of halogens is 1. The van der Waals surface area contributed by atoms with Crippen molar-refractivity contribution in [3.8, 4) is 0 Å². The van der Waals surface area contributed by atoms with Crippen molar-refractivity contribution in [1.29, 1.82) is 0 Å². The van der Waals surface area contributed by atoms with Gasteiger partial charge in [-0.15, -0.1) is 11.8 Å². The van der Waals surface area contributed by atoms with Crippen LogP contribution >= 0.6 is 23.4 Å². The number of aliphatic carboxylic acids is 1. The summed E-state index contributed by atoms with van der Waals surface area (Å²) < 4.78 is 0. The van der Waals surface area contributed by atoms with E-state index in [1.54, 1.807) is 12.1 Å². The van der Waals surface area contributed by atoms with Crippen LogP contribution in [-0.2, 0) is 11.2 Å². The average molecular weight is 293 g/mol. The molecule has 0 spiro atoms. The lowest BCUT2D eigenvalue weighted by Gasteiger charge is -2.12. The second kappa shape index (κ2) is 6.64. The zero-order valence-electron chi connectivity index (χ0n) is 10.1. The van der Waals surface area contributed by atoms with Crippen LogP contribution in [0, 0.1) is 0 Å². The first kappa shape index (κ1) is 14.0. The molecule has 1 atom stereocenters. The summed E-state index contributed by atoms with van der Waals surface area (Å²) in [6, 6.07) is 16.9. The smallest absolute Gasteiger partial charge is 0.317 e. The lowest BCUT2D eigenvalue weighted by atomic mass is 10.1. The van der Waals surface area contributed by atoms with E-state index in [1.807, 2.05) is 42.5 Å². The first-order chi connectivity index (χ1) is 9.15. The largest absolute Gasteiger partial charge is 0.480 e. The van der Waals surface area contributed by atoms with E-state index in [2.05, 4.69) is 0 Å². The summed E-state index contributed by atoms with van der Waals surface area (Å²) in [6.45, 7) is 0. The standard InChI is InChI=1S/C15H13ClO2S/c16-12-6-8-13(9-7-12)19-14(15(17)18)10-11-4-2-1-3-5-11/h1-9,14H,10H2,(H,17,18). The molecule has 2 nitrogen and oxygen atoms in total. The fraction of sp³-hybridized carbons (Fsp3) is 0.133. The summed E-state index contributed by atoms with van der Waals surface area (Å²) >= 11 is 7.16. The van der Waals surface area contributed by atoms with Crippen molar-refractivity contribution in [2.75, 3.05) is 0 Å². The van der Waals surface area contributed by atoms with Crippen LogP contribution < -0.4 is 0 Å². The van der Waals surface area contributed by atoms with Crippen molar-refractivity contribution >= 4 is 29.3 Å². The highest BCUT2D eigenvalue weighted by Gasteiger charge is 2.19. The molecule has 0 aromatic heterocycles. The van der Waals surface area contributed by atoms with E-state index < -0.39 is 11.2 Å². The highest BCUT2D eigenvalue weighted by Crippen LogP contribution is 2.27. The number of carbonyl (C=O) groups is 1. The molecule has 2 rings (SSSR count). The van der Waals surface area contributed by atoms with Gasteiger partial charge in [-0.1, -0.05) is 41.9 Å². The van der Waals surface area contributed by atoms with Crippen LogP contribution in [0.15, 0.2) is 59.5 Å². The number of hydrogen-bond acceptors (Lipinski definition) is 2. The Morgan fingerprint density at radius 3 is 2.32 bits per heavy atom. The maximum Gasteiger partial charge on any atom is 0.317 e. The van der Waals surface area contributed by atoms with Gasteiger partial charge < -0.3 is 5.11 Å². The molecule has 2 aromatic carbocycles. The third-order valence-electron chi connectivity index (χ3n) is 2.63. The number of thioether (sulfide) groups is 1. The normalized spacial score (nSPS) is 12.1. The fourth-order valence-electron chi connectivity index (χ4n) is 1.68. The van der Waals surface area contributed by atoms with Gasteiger partial charge in [0.05, 0.1) is 0 Å². The van der Waals surface area contributed by atoms with Crippen LogP contribution in [0.3, 0.4) is 0 Å². The first-order valence-electron chi connectivity index (χ1n) is 5.84. The van der Waals surface area contributed by atoms with E-state index in [0.717, 1.165) is 10.5 Å². The molecule has 0 saturated heterocycles. The SMILES string of the molecule is O=C(O)C(Cc1ccccc1)Sc1ccc(Cl)cc1. The van der Waals surface area contributed by atoms with Gasteiger partial charge in [-0.3, -0.25) is 4.79 Å². The van der Waals surface area contributed by atoms with E-state index in [0.29, 0.717) is 11.4 Å². The minimum atomic E-state index is -0.802. The van der Waals surface area contributed by atoms with Gasteiger partial charge >= 0.3 is 5.97 Å². The lowest BCUT2D eigenvalue weighted by Crippen LogP contribution is -2.19. The Morgan fingerprint density at radius 1 is 1.11 bits per heavy atom. The second-order valence-corrected chi connectivity index (χ2v) is 5.80. The highest BCUT2D eigenvalue weighted by molar-refractivity contribution is 8.00. The molecule has 0 saturated carbocycles. The highest BCUT2D eigenvalue weighted by atomic mass is 35.5. The van der Waals surface area contributed by atoms with Gasteiger partial charge in [-0.25, -0.2) is 0 Å². The van der Waals surface area contributed by atoms with Crippen molar-refractivity contribution in [2.45, 2.75) is 16.6 Å². The van der Waals surface area contributed by atoms with Crippen LogP contribution in [0.25, 0.3) is 0 Å². The zero-order valence-corrected chi connectivity index (χ0v) is 11.7. The van der Waals surface area contributed by atoms with E-state index in [-0.39, 0.29) is 0 Å². The summed E-state index contributed by atoms with van der Waals surface area (Å²) in [5.74, 6) is -0.802. The Bertz CT molecular complexity index is 540. The molecular weight excluding hydrogens is 280 g/mol. The number of hydrogen-bond donors (Lipinski definition) is 1. The van der Waals surface area contributed by atoms with Gasteiger partial charge in [-0.05, 0) is 36.2 Å². The molecule has 19 heavy (non-hydrogen) atoms. The van der Waals surface area contributed by atoms with Crippen LogP contribution in [0.1, 0.15) is 5.56 Å². The monoisotopic (exact) mass is 292 g/mol. The number of carboxylic acids is 1. The van der Waals surface area contributed by atoms with Gasteiger partial charge in [0.2, 0.25) is 0 Å². The molecule has 0 aliphatic heterocycles. The van der Waals surface area contributed by atoms with Gasteiger partial charge in [0.1, 0.15) is 5.25 Å². The van der Waals surface area contributed by atoms with Crippen LogP contribution in [-0.4, -0.2) is 16.3 Å². The van der Waals surface area contributed by atoms with Crippen molar-refractivity contribution in [3.63, 3.8) is 0 Å². The molecule has 1 N–H and O–H groups in total. The molecule has 4 heteroatoms. The quantitative estimate of drug-likeness (QED) is 0.842. The molecule has 0 aliphatic rings. The predicted molar refractivity (Wildman–Crippen MR) is 78.9 cm³/mol. The van der Waals surface area contributed by atoms with E-state index in [1.165, 1.54) is 11.8 Å². The Hall–Kier alpha value is -1.45. The Kier molecular flexibility index (Phi) is 4.88. The summed E-state index contributed by atoms with van der Waals surface area (Å²) in [5, 5.41) is 9.46. The molecule has 0 bridgehead atoms. The molecule has 0 radical (unpaired) electrons. The number of benzene rings is 2. The van der Waals surface area contributed by atoms with Crippen LogP contribution in [0.2, 0.25) is 5.02 Å². The molecular formula is C15H13ClO2S. The van der Waals surface area contributed by atoms with E-state index in [9.17, 15) is 9.90 Å². The van der Waals surface area contributed by atoms with Crippen molar-refractivity contribution in [3.05, 3.63) is 65.2 Å². The van der Waals surface area contributed by atoms with Crippen LogP contribution in [0.5, 0.6) is 0 Å². The van der Waals surface area contributed by atoms with Crippen molar-refractivity contribution in [2.24, 2.45) is 0 Å². The Labute approximate surface area is 121 Å². The van der Waals surface area contributed by atoms with Gasteiger partial charge in [0, 0.05) is 9.92 Å². The molecule has 2 aromatic rings. The Balaban J connectivity index is 2.08. The van der Waals surface area contributed by atoms with Gasteiger partial charge in [0.15, 0.2) is 0 Å². The molecule has 0 heterocycles. The summed E-state index contributed by atoms with van der Waals surface area (Å²) in [4.78, 5) is 12.2. The third kappa shape index (κ3) is 4.30. The molecule has 0 amide bonds. The molecule has 0 fully saturated rings.